The van der Waals surface area contributed by atoms with Crippen LogP contribution in [0.4, 0.5) is 4.39 Å². The molecule has 1 aliphatic heterocycles. The number of hydrogen-bond donors (Lipinski definition) is 0. The van der Waals surface area contributed by atoms with Gasteiger partial charge in [-0.05, 0) is 63.5 Å². The van der Waals surface area contributed by atoms with Crippen molar-refractivity contribution in [3.05, 3.63) is 47.5 Å². The molecule has 0 N–H and O–H groups in total. The number of hydrogen-bond acceptors (Lipinski definition) is 7. The average Bonchev–Trinajstić information content (AvgIpc) is 3.42. The number of aryl methyl sites for hydroxylation is 1. The van der Waals surface area contributed by atoms with Crippen LogP contribution in [0, 0.1) is 5.82 Å². The molecule has 0 bridgehead atoms. The molecule has 5 rings (SSSR count). The quantitative estimate of drug-likeness (QED) is 0.404. The second-order valence-electron chi connectivity index (χ2n) is 8.26. The van der Waals surface area contributed by atoms with Gasteiger partial charge in [-0.15, -0.1) is 0 Å². The third kappa shape index (κ3) is 3.90. The smallest absolute Gasteiger partial charge is 0.171 e. The molecule has 3 heterocycles. The van der Waals surface area contributed by atoms with Crippen molar-refractivity contribution in [3.8, 4) is 11.5 Å². The summed E-state index contributed by atoms with van der Waals surface area (Å²) in [5.74, 6) is 1.38. The Morgan fingerprint density at radius 3 is 2.47 bits per heavy atom. The van der Waals surface area contributed by atoms with Gasteiger partial charge in [-0.2, -0.15) is 0 Å². The highest BCUT2D eigenvalue weighted by Crippen LogP contribution is 2.38. The number of benzene rings is 2. The van der Waals surface area contributed by atoms with Crippen molar-refractivity contribution in [1.82, 2.24) is 15.2 Å². The van der Waals surface area contributed by atoms with Crippen LogP contribution in [0.1, 0.15) is 36.6 Å². The molecule has 8 heteroatoms. The van der Waals surface area contributed by atoms with E-state index in [-0.39, 0.29) is 5.82 Å². The van der Waals surface area contributed by atoms with Crippen LogP contribution in [0.3, 0.4) is 0 Å². The van der Waals surface area contributed by atoms with Gasteiger partial charge in [0.1, 0.15) is 5.82 Å². The molecule has 0 atom stereocenters. The largest absolute Gasteiger partial charge is 0.493 e. The van der Waals surface area contributed by atoms with Gasteiger partial charge in [-0.3, -0.25) is 0 Å². The molecule has 0 spiro atoms. The van der Waals surface area contributed by atoms with Crippen LogP contribution < -0.4 is 9.47 Å². The van der Waals surface area contributed by atoms with Crippen LogP contribution in [-0.2, 0) is 6.42 Å². The summed E-state index contributed by atoms with van der Waals surface area (Å²) in [7, 11) is 3.25. The SMILES string of the molecule is COc1cc2onc(C3CCN(CCCc4noc5cc(F)ccc45)CC3)c2cc1OC. The summed E-state index contributed by atoms with van der Waals surface area (Å²) in [6.07, 6.45) is 3.85. The molecule has 0 unspecified atom stereocenters. The molecule has 7 nitrogen and oxygen atoms in total. The lowest BCUT2D eigenvalue weighted by Gasteiger charge is -2.31. The zero-order chi connectivity index (χ0) is 22.1. The minimum atomic E-state index is -0.305. The fourth-order valence-corrected chi connectivity index (χ4v) is 4.62. The summed E-state index contributed by atoms with van der Waals surface area (Å²) in [5.41, 5.74) is 3.13. The highest BCUT2D eigenvalue weighted by Gasteiger charge is 2.26. The summed E-state index contributed by atoms with van der Waals surface area (Å²) >= 11 is 0. The molecule has 0 aliphatic carbocycles. The predicted octanol–water partition coefficient (Wildman–Crippen LogP) is 4.94. The Morgan fingerprint density at radius 1 is 0.969 bits per heavy atom. The molecule has 1 saturated heterocycles. The van der Waals surface area contributed by atoms with E-state index in [1.165, 1.54) is 12.1 Å². The number of piperidine rings is 1. The van der Waals surface area contributed by atoms with Crippen LogP contribution in [-0.4, -0.2) is 49.1 Å². The van der Waals surface area contributed by atoms with Gasteiger partial charge >= 0.3 is 0 Å². The molecule has 0 saturated carbocycles. The van der Waals surface area contributed by atoms with Crippen molar-refractivity contribution in [2.75, 3.05) is 33.9 Å². The highest BCUT2D eigenvalue weighted by atomic mass is 19.1. The van der Waals surface area contributed by atoms with E-state index in [2.05, 4.69) is 15.2 Å². The van der Waals surface area contributed by atoms with E-state index in [1.807, 2.05) is 12.1 Å². The molecule has 168 valence electrons. The van der Waals surface area contributed by atoms with Gasteiger partial charge in [0, 0.05) is 28.8 Å². The van der Waals surface area contributed by atoms with Crippen LogP contribution in [0.15, 0.2) is 39.4 Å². The fourth-order valence-electron chi connectivity index (χ4n) is 4.62. The van der Waals surface area contributed by atoms with Gasteiger partial charge in [0.15, 0.2) is 22.7 Å². The van der Waals surface area contributed by atoms with Crippen molar-refractivity contribution in [2.45, 2.75) is 31.6 Å². The molecule has 0 amide bonds. The summed E-state index contributed by atoms with van der Waals surface area (Å²) in [6.45, 7) is 3.01. The van der Waals surface area contributed by atoms with E-state index < -0.39 is 0 Å². The Balaban J connectivity index is 1.18. The Morgan fingerprint density at radius 2 is 1.69 bits per heavy atom. The van der Waals surface area contributed by atoms with Crippen LogP contribution in [0.5, 0.6) is 11.5 Å². The number of likely N-dealkylation sites (tertiary alicyclic amines) is 1. The van der Waals surface area contributed by atoms with Crippen molar-refractivity contribution in [3.63, 3.8) is 0 Å². The monoisotopic (exact) mass is 439 g/mol. The number of aromatic nitrogens is 2. The zero-order valence-electron chi connectivity index (χ0n) is 18.3. The van der Waals surface area contributed by atoms with E-state index in [0.29, 0.717) is 23.0 Å². The lowest BCUT2D eigenvalue weighted by Crippen LogP contribution is -2.34. The second-order valence-corrected chi connectivity index (χ2v) is 8.26. The lowest BCUT2D eigenvalue weighted by molar-refractivity contribution is 0.207. The number of halogens is 1. The van der Waals surface area contributed by atoms with Crippen LogP contribution >= 0.6 is 0 Å². The van der Waals surface area contributed by atoms with Gasteiger partial charge in [-0.1, -0.05) is 10.3 Å². The molecule has 0 radical (unpaired) electrons. The standard InChI is InChI=1S/C24H26FN3O4/c1-29-22-13-18-21(14-23(22)30-2)32-27-24(18)15-7-10-28(11-8-15)9-3-4-19-17-6-5-16(25)12-20(17)31-26-19/h5-6,12-15H,3-4,7-11H2,1-2H3. The fraction of sp³-hybridized carbons (Fsp3) is 0.417. The third-order valence-electron chi connectivity index (χ3n) is 6.37. The molecule has 1 aliphatic rings. The van der Waals surface area contributed by atoms with Gasteiger partial charge < -0.3 is 23.4 Å². The first kappa shape index (κ1) is 20.8. The molecular formula is C24H26FN3O4. The van der Waals surface area contributed by atoms with Crippen molar-refractivity contribution < 1.29 is 22.9 Å². The summed E-state index contributed by atoms with van der Waals surface area (Å²) < 4.78 is 35.0. The van der Waals surface area contributed by atoms with Gasteiger partial charge in [-0.25, -0.2) is 4.39 Å². The first-order valence-corrected chi connectivity index (χ1v) is 10.9. The maximum Gasteiger partial charge on any atom is 0.171 e. The summed E-state index contributed by atoms with van der Waals surface area (Å²) in [6, 6.07) is 8.38. The summed E-state index contributed by atoms with van der Waals surface area (Å²) in [5, 5.41) is 10.4. The number of methoxy groups -OCH3 is 2. The maximum atomic E-state index is 13.3. The van der Waals surface area contributed by atoms with Crippen molar-refractivity contribution >= 4 is 21.9 Å². The predicted molar refractivity (Wildman–Crippen MR) is 118 cm³/mol. The molecule has 4 aromatic rings. The normalized spacial score (nSPS) is 15.6. The zero-order valence-corrected chi connectivity index (χ0v) is 18.3. The number of rotatable bonds is 7. The van der Waals surface area contributed by atoms with Gasteiger partial charge in [0.05, 0.1) is 25.6 Å². The number of ether oxygens (including phenoxy) is 2. The topological polar surface area (TPSA) is 73.8 Å². The minimum Gasteiger partial charge on any atom is -0.493 e. The Labute approximate surface area is 185 Å². The molecule has 1 fully saturated rings. The number of nitrogens with zero attached hydrogens (tertiary/aromatic N) is 3. The Bertz CT molecular complexity index is 1230. The Hall–Kier alpha value is -3.13. The summed E-state index contributed by atoms with van der Waals surface area (Å²) in [4.78, 5) is 2.48. The van der Waals surface area contributed by atoms with Gasteiger partial charge in [0.2, 0.25) is 0 Å². The van der Waals surface area contributed by atoms with E-state index in [4.69, 9.17) is 18.5 Å². The molecule has 32 heavy (non-hydrogen) atoms. The molecular weight excluding hydrogens is 413 g/mol. The maximum absolute atomic E-state index is 13.3. The second kappa shape index (κ2) is 8.78. The Kier molecular flexibility index (Phi) is 5.70. The first-order chi connectivity index (χ1) is 15.7. The van der Waals surface area contributed by atoms with E-state index in [9.17, 15) is 4.39 Å². The van der Waals surface area contributed by atoms with Crippen molar-refractivity contribution in [1.29, 1.82) is 0 Å². The van der Waals surface area contributed by atoms with E-state index >= 15 is 0 Å². The molecule has 2 aromatic heterocycles. The minimum absolute atomic E-state index is 0.305. The number of fused-ring (bicyclic) bond motifs is 2. The lowest BCUT2D eigenvalue weighted by atomic mass is 9.91. The first-order valence-electron chi connectivity index (χ1n) is 10.9. The van der Waals surface area contributed by atoms with Crippen LogP contribution in [0.25, 0.3) is 21.9 Å². The molecule has 2 aromatic carbocycles. The van der Waals surface area contributed by atoms with Gasteiger partial charge in [0.25, 0.3) is 0 Å². The van der Waals surface area contributed by atoms with E-state index in [1.54, 1.807) is 20.3 Å². The third-order valence-corrected chi connectivity index (χ3v) is 6.37. The van der Waals surface area contributed by atoms with E-state index in [0.717, 1.165) is 73.1 Å². The van der Waals surface area contributed by atoms with Crippen molar-refractivity contribution in [2.24, 2.45) is 0 Å². The van der Waals surface area contributed by atoms with Crippen LogP contribution in [0.2, 0.25) is 0 Å². The highest BCUT2D eigenvalue weighted by molar-refractivity contribution is 5.84. The average molecular weight is 439 g/mol.